The first-order chi connectivity index (χ1) is 9.60. The minimum atomic E-state index is 0.492. The van der Waals surface area contributed by atoms with Gasteiger partial charge in [0.25, 0.3) is 0 Å². The maximum atomic E-state index is 5.46. The van der Waals surface area contributed by atoms with Gasteiger partial charge in [-0.05, 0) is 25.1 Å². The maximum absolute atomic E-state index is 5.46. The molecular weight excluding hydrogens is 248 g/mol. The molecule has 0 saturated carbocycles. The van der Waals surface area contributed by atoms with E-state index >= 15 is 0 Å². The van der Waals surface area contributed by atoms with Gasteiger partial charge in [-0.2, -0.15) is 0 Å². The van der Waals surface area contributed by atoms with Crippen molar-refractivity contribution in [1.82, 2.24) is 9.88 Å². The molecule has 0 amide bonds. The van der Waals surface area contributed by atoms with E-state index < -0.39 is 0 Å². The van der Waals surface area contributed by atoms with E-state index in [0.29, 0.717) is 6.04 Å². The molecule has 3 nitrogen and oxygen atoms in total. The number of ether oxygens (including phenoxy) is 1. The Balaban J connectivity index is 2.18. The molecule has 0 aliphatic heterocycles. The van der Waals surface area contributed by atoms with Crippen molar-refractivity contribution in [2.45, 2.75) is 39.9 Å². The summed E-state index contributed by atoms with van der Waals surface area (Å²) in [6, 6.07) is 11.1. The zero-order valence-electron chi connectivity index (χ0n) is 12.8. The monoisotopic (exact) mass is 272 g/mol. The molecule has 3 heteroatoms. The van der Waals surface area contributed by atoms with Crippen LogP contribution in [0.25, 0.3) is 0 Å². The van der Waals surface area contributed by atoms with Gasteiger partial charge in [0.2, 0.25) is 0 Å². The molecule has 20 heavy (non-hydrogen) atoms. The van der Waals surface area contributed by atoms with Crippen LogP contribution in [-0.4, -0.2) is 17.7 Å². The van der Waals surface area contributed by atoms with Gasteiger partial charge in [-0.25, -0.2) is 0 Å². The molecule has 0 atom stereocenters. The fourth-order valence-corrected chi connectivity index (χ4v) is 2.29. The molecule has 1 aromatic heterocycles. The van der Waals surface area contributed by atoms with Gasteiger partial charge in [-0.1, -0.05) is 31.5 Å². The van der Waals surface area contributed by atoms with E-state index in [1.807, 2.05) is 6.07 Å². The molecule has 2 rings (SSSR count). The smallest absolute Gasteiger partial charge is 0.123 e. The molecule has 1 heterocycles. The van der Waals surface area contributed by atoms with Crippen LogP contribution < -0.4 is 10.1 Å². The number of methoxy groups -OCH3 is 1. The third-order valence-electron chi connectivity index (χ3n) is 3.39. The van der Waals surface area contributed by atoms with Gasteiger partial charge >= 0.3 is 0 Å². The highest BCUT2D eigenvalue weighted by Gasteiger charge is 2.07. The van der Waals surface area contributed by atoms with Crippen molar-refractivity contribution in [1.29, 1.82) is 0 Å². The Morgan fingerprint density at radius 1 is 1.25 bits per heavy atom. The van der Waals surface area contributed by atoms with E-state index in [2.05, 4.69) is 61.1 Å². The molecule has 0 aliphatic carbocycles. The topological polar surface area (TPSA) is 26.2 Å². The predicted octanol–water partition coefficient (Wildman–Crippen LogP) is 3.35. The highest BCUT2D eigenvalue weighted by Crippen LogP contribution is 2.21. The summed E-state index contributed by atoms with van der Waals surface area (Å²) in [5.41, 5.74) is 3.77. The second-order valence-electron chi connectivity index (χ2n) is 5.48. The van der Waals surface area contributed by atoms with E-state index in [1.54, 1.807) is 7.11 Å². The fourth-order valence-electron chi connectivity index (χ4n) is 2.29. The number of aryl methyl sites for hydroxylation is 1. The summed E-state index contributed by atoms with van der Waals surface area (Å²) in [6.45, 7) is 8.17. The molecular formula is C17H24N2O. The Kier molecular flexibility index (Phi) is 4.85. The Bertz CT molecular complexity index is 558. The zero-order chi connectivity index (χ0) is 14.5. The predicted molar refractivity (Wildman–Crippen MR) is 83.2 cm³/mol. The number of nitrogens with one attached hydrogen (secondary N) is 1. The Morgan fingerprint density at radius 2 is 2.05 bits per heavy atom. The minimum absolute atomic E-state index is 0.492. The lowest BCUT2D eigenvalue weighted by Crippen LogP contribution is -2.23. The molecule has 0 fully saturated rings. The van der Waals surface area contributed by atoms with Gasteiger partial charge in [0.1, 0.15) is 5.75 Å². The summed E-state index contributed by atoms with van der Waals surface area (Å²) in [6.07, 6.45) is 2.12. The fraction of sp³-hybridized carbons (Fsp3) is 0.412. The quantitative estimate of drug-likeness (QED) is 0.872. The van der Waals surface area contributed by atoms with Crippen LogP contribution in [0.2, 0.25) is 0 Å². The van der Waals surface area contributed by atoms with Crippen LogP contribution >= 0.6 is 0 Å². The summed E-state index contributed by atoms with van der Waals surface area (Å²) in [5.74, 6) is 0.951. The Hall–Kier alpha value is -1.74. The van der Waals surface area contributed by atoms with E-state index in [-0.39, 0.29) is 0 Å². The SMILES string of the molecule is COc1ccc(C)cc1Cn1cccc1CNC(C)C. The Morgan fingerprint density at radius 3 is 2.75 bits per heavy atom. The molecule has 0 radical (unpaired) electrons. The van der Waals surface area contributed by atoms with Crippen molar-refractivity contribution in [2.75, 3.05) is 7.11 Å². The molecule has 0 saturated heterocycles. The second kappa shape index (κ2) is 6.62. The number of aromatic nitrogens is 1. The average molecular weight is 272 g/mol. The lowest BCUT2D eigenvalue weighted by atomic mass is 10.1. The van der Waals surface area contributed by atoms with E-state index in [1.165, 1.54) is 16.8 Å². The standard InChI is InChI=1S/C17H24N2O/c1-13(2)18-11-16-6-5-9-19(16)12-15-10-14(3)7-8-17(15)20-4/h5-10,13,18H,11-12H2,1-4H3. The van der Waals surface area contributed by atoms with Crippen molar-refractivity contribution in [3.05, 3.63) is 53.3 Å². The van der Waals surface area contributed by atoms with Crippen molar-refractivity contribution in [3.63, 3.8) is 0 Å². The van der Waals surface area contributed by atoms with Gasteiger partial charge < -0.3 is 14.6 Å². The van der Waals surface area contributed by atoms with Crippen LogP contribution in [0.5, 0.6) is 5.75 Å². The molecule has 0 aliphatic rings. The number of benzene rings is 1. The summed E-state index contributed by atoms with van der Waals surface area (Å²) in [7, 11) is 1.73. The largest absolute Gasteiger partial charge is 0.496 e. The van der Waals surface area contributed by atoms with Crippen molar-refractivity contribution in [3.8, 4) is 5.75 Å². The average Bonchev–Trinajstić information content (AvgIpc) is 2.84. The molecule has 2 aromatic rings. The molecule has 1 N–H and O–H groups in total. The van der Waals surface area contributed by atoms with Crippen LogP contribution in [0.3, 0.4) is 0 Å². The van der Waals surface area contributed by atoms with Crippen molar-refractivity contribution >= 4 is 0 Å². The van der Waals surface area contributed by atoms with Gasteiger partial charge in [0.05, 0.1) is 13.7 Å². The third kappa shape index (κ3) is 3.64. The zero-order valence-corrected chi connectivity index (χ0v) is 12.8. The van der Waals surface area contributed by atoms with Gasteiger partial charge in [0, 0.05) is 30.0 Å². The molecule has 0 spiro atoms. The summed E-state index contributed by atoms with van der Waals surface area (Å²) < 4.78 is 7.73. The van der Waals surface area contributed by atoms with Crippen molar-refractivity contribution < 1.29 is 4.74 Å². The first kappa shape index (κ1) is 14.7. The van der Waals surface area contributed by atoms with Crippen LogP contribution in [0.4, 0.5) is 0 Å². The first-order valence-corrected chi connectivity index (χ1v) is 7.11. The summed E-state index contributed by atoms with van der Waals surface area (Å²) >= 11 is 0. The number of hydrogen-bond acceptors (Lipinski definition) is 2. The lowest BCUT2D eigenvalue weighted by Gasteiger charge is -2.14. The second-order valence-corrected chi connectivity index (χ2v) is 5.48. The number of rotatable bonds is 6. The Labute approximate surface area is 121 Å². The number of hydrogen-bond donors (Lipinski definition) is 1. The van der Waals surface area contributed by atoms with E-state index in [4.69, 9.17) is 4.74 Å². The molecule has 108 valence electrons. The van der Waals surface area contributed by atoms with Crippen LogP contribution in [-0.2, 0) is 13.1 Å². The van der Waals surface area contributed by atoms with Gasteiger partial charge in [0.15, 0.2) is 0 Å². The van der Waals surface area contributed by atoms with E-state index in [9.17, 15) is 0 Å². The summed E-state index contributed by atoms with van der Waals surface area (Å²) in [4.78, 5) is 0. The third-order valence-corrected chi connectivity index (χ3v) is 3.39. The van der Waals surface area contributed by atoms with Crippen LogP contribution in [0.1, 0.15) is 30.7 Å². The van der Waals surface area contributed by atoms with Crippen molar-refractivity contribution in [2.24, 2.45) is 0 Å². The highest BCUT2D eigenvalue weighted by molar-refractivity contribution is 5.37. The van der Waals surface area contributed by atoms with Gasteiger partial charge in [-0.3, -0.25) is 0 Å². The molecule has 0 unspecified atom stereocenters. The van der Waals surface area contributed by atoms with Crippen LogP contribution in [0, 0.1) is 6.92 Å². The lowest BCUT2D eigenvalue weighted by molar-refractivity contribution is 0.408. The molecule has 1 aromatic carbocycles. The summed E-state index contributed by atoms with van der Waals surface area (Å²) in [5, 5.41) is 3.46. The highest BCUT2D eigenvalue weighted by atomic mass is 16.5. The number of nitrogens with zero attached hydrogens (tertiary/aromatic N) is 1. The van der Waals surface area contributed by atoms with Gasteiger partial charge in [-0.15, -0.1) is 0 Å². The first-order valence-electron chi connectivity index (χ1n) is 7.11. The maximum Gasteiger partial charge on any atom is 0.123 e. The van der Waals surface area contributed by atoms with E-state index in [0.717, 1.165) is 18.8 Å². The van der Waals surface area contributed by atoms with Crippen LogP contribution in [0.15, 0.2) is 36.5 Å². The normalized spacial score (nSPS) is 11.1. The minimum Gasteiger partial charge on any atom is -0.496 e. The molecule has 0 bridgehead atoms.